The van der Waals surface area contributed by atoms with Crippen LogP contribution in [-0.4, -0.2) is 26.3 Å². The fourth-order valence-electron chi connectivity index (χ4n) is 2.17. The van der Waals surface area contributed by atoms with Crippen LogP contribution in [0.2, 0.25) is 0 Å². The molecule has 1 N–H and O–H groups in total. The van der Waals surface area contributed by atoms with Crippen LogP contribution < -0.4 is 5.32 Å². The van der Waals surface area contributed by atoms with Gasteiger partial charge in [0.05, 0.1) is 6.10 Å². The molecule has 0 spiro atoms. The zero-order chi connectivity index (χ0) is 13.5. The van der Waals surface area contributed by atoms with Gasteiger partial charge >= 0.3 is 0 Å². The molecule has 0 aliphatic rings. The van der Waals surface area contributed by atoms with E-state index in [9.17, 15) is 8.78 Å². The molecule has 0 saturated heterocycles. The highest BCUT2D eigenvalue weighted by Gasteiger charge is 2.19. The lowest BCUT2D eigenvalue weighted by molar-refractivity contribution is 0.0632. The number of hydrogen-bond acceptors (Lipinski definition) is 2. The average molecular weight is 257 g/mol. The molecule has 0 heterocycles. The number of hydrogen-bond donors (Lipinski definition) is 1. The van der Waals surface area contributed by atoms with Crippen LogP contribution in [0.1, 0.15) is 25.3 Å². The molecule has 0 amide bonds. The summed E-state index contributed by atoms with van der Waals surface area (Å²) in [6, 6.07) is 3.67. The summed E-state index contributed by atoms with van der Waals surface area (Å²) in [6.45, 7) is 2.08. The van der Waals surface area contributed by atoms with Crippen LogP contribution in [0, 0.1) is 11.6 Å². The van der Waals surface area contributed by atoms with Gasteiger partial charge in [0.25, 0.3) is 0 Å². The van der Waals surface area contributed by atoms with E-state index in [0.717, 1.165) is 18.9 Å². The Bertz CT molecular complexity index is 351. The molecular weight excluding hydrogens is 236 g/mol. The van der Waals surface area contributed by atoms with Crippen molar-refractivity contribution in [2.75, 3.05) is 14.2 Å². The van der Waals surface area contributed by atoms with Crippen molar-refractivity contribution < 1.29 is 13.5 Å². The van der Waals surface area contributed by atoms with Crippen molar-refractivity contribution in [2.45, 2.75) is 38.3 Å². The highest BCUT2D eigenvalue weighted by Crippen LogP contribution is 2.14. The maximum atomic E-state index is 13.1. The lowest BCUT2D eigenvalue weighted by atomic mass is 9.98. The summed E-state index contributed by atoms with van der Waals surface area (Å²) in [7, 11) is 3.50. The molecule has 0 aliphatic heterocycles. The van der Waals surface area contributed by atoms with Crippen molar-refractivity contribution in [3.8, 4) is 0 Å². The SMILES string of the molecule is CCCC(OC)C(Cc1cc(F)cc(F)c1)NC. The van der Waals surface area contributed by atoms with Crippen LogP contribution in [0.3, 0.4) is 0 Å². The molecule has 0 bridgehead atoms. The number of halogens is 2. The Kier molecular flexibility index (Phi) is 6.22. The fourth-order valence-corrected chi connectivity index (χ4v) is 2.17. The first-order valence-corrected chi connectivity index (χ1v) is 6.25. The molecule has 2 nitrogen and oxygen atoms in total. The van der Waals surface area contributed by atoms with Gasteiger partial charge in [0.15, 0.2) is 0 Å². The normalized spacial score (nSPS) is 14.5. The van der Waals surface area contributed by atoms with E-state index >= 15 is 0 Å². The van der Waals surface area contributed by atoms with Gasteiger partial charge in [-0.1, -0.05) is 13.3 Å². The molecule has 1 aromatic rings. The Morgan fingerprint density at radius 3 is 2.28 bits per heavy atom. The Morgan fingerprint density at radius 2 is 1.83 bits per heavy atom. The molecule has 0 aromatic heterocycles. The summed E-state index contributed by atoms with van der Waals surface area (Å²) < 4.78 is 31.7. The monoisotopic (exact) mass is 257 g/mol. The molecule has 1 aromatic carbocycles. The van der Waals surface area contributed by atoms with E-state index in [2.05, 4.69) is 12.2 Å². The Morgan fingerprint density at radius 1 is 1.22 bits per heavy atom. The highest BCUT2D eigenvalue weighted by molar-refractivity contribution is 5.19. The van der Waals surface area contributed by atoms with Gasteiger partial charge in [-0.3, -0.25) is 0 Å². The number of nitrogens with one attached hydrogen (secondary N) is 1. The molecule has 0 fully saturated rings. The summed E-state index contributed by atoms with van der Waals surface area (Å²) in [5.74, 6) is -1.08. The van der Waals surface area contributed by atoms with Gasteiger partial charge in [-0.25, -0.2) is 8.78 Å². The number of ether oxygens (including phenoxy) is 1. The summed E-state index contributed by atoms with van der Waals surface area (Å²) >= 11 is 0. The van der Waals surface area contributed by atoms with Gasteiger partial charge < -0.3 is 10.1 Å². The number of likely N-dealkylation sites (N-methyl/N-ethyl adjacent to an activating group) is 1. The predicted molar refractivity (Wildman–Crippen MR) is 68.6 cm³/mol. The third-order valence-electron chi connectivity index (χ3n) is 3.07. The molecule has 1 rings (SSSR count). The highest BCUT2D eigenvalue weighted by atomic mass is 19.1. The van der Waals surface area contributed by atoms with Crippen LogP contribution >= 0.6 is 0 Å². The van der Waals surface area contributed by atoms with Crippen LogP contribution in [0.25, 0.3) is 0 Å². The molecule has 2 atom stereocenters. The van der Waals surface area contributed by atoms with E-state index < -0.39 is 11.6 Å². The lowest BCUT2D eigenvalue weighted by Gasteiger charge is -2.25. The first-order valence-electron chi connectivity index (χ1n) is 6.25. The standard InChI is InChI=1S/C14H21F2NO/c1-4-5-14(18-3)13(17-2)8-10-6-11(15)9-12(16)7-10/h6-7,9,13-14,17H,4-5,8H2,1-3H3. The van der Waals surface area contributed by atoms with Gasteiger partial charge in [-0.2, -0.15) is 0 Å². The van der Waals surface area contributed by atoms with Crippen LogP contribution in [0.5, 0.6) is 0 Å². The van der Waals surface area contributed by atoms with Gasteiger partial charge in [-0.15, -0.1) is 0 Å². The number of rotatable bonds is 7. The third kappa shape index (κ3) is 4.35. The summed E-state index contributed by atoms with van der Waals surface area (Å²) in [5.41, 5.74) is 0.644. The van der Waals surface area contributed by atoms with E-state index in [1.54, 1.807) is 7.11 Å². The van der Waals surface area contributed by atoms with Crippen molar-refractivity contribution in [3.05, 3.63) is 35.4 Å². The second-order valence-corrected chi connectivity index (χ2v) is 4.44. The van der Waals surface area contributed by atoms with Crippen molar-refractivity contribution >= 4 is 0 Å². The molecule has 2 unspecified atom stereocenters. The first kappa shape index (κ1) is 15.1. The second kappa shape index (κ2) is 7.44. The van der Waals surface area contributed by atoms with Gasteiger partial charge in [-0.05, 0) is 37.6 Å². The lowest BCUT2D eigenvalue weighted by Crippen LogP contribution is -2.40. The summed E-state index contributed by atoms with van der Waals surface area (Å²) in [4.78, 5) is 0. The van der Waals surface area contributed by atoms with Crippen molar-refractivity contribution in [3.63, 3.8) is 0 Å². The zero-order valence-electron chi connectivity index (χ0n) is 11.2. The minimum atomic E-state index is -0.538. The van der Waals surface area contributed by atoms with E-state index in [0.29, 0.717) is 12.0 Å². The summed E-state index contributed by atoms with van der Waals surface area (Å²) in [5, 5.41) is 3.16. The third-order valence-corrected chi connectivity index (χ3v) is 3.07. The van der Waals surface area contributed by atoms with Crippen molar-refractivity contribution in [1.29, 1.82) is 0 Å². The zero-order valence-corrected chi connectivity index (χ0v) is 11.2. The van der Waals surface area contributed by atoms with Crippen molar-refractivity contribution in [2.24, 2.45) is 0 Å². The molecule has 102 valence electrons. The van der Waals surface area contributed by atoms with Gasteiger partial charge in [0.1, 0.15) is 11.6 Å². The molecular formula is C14H21F2NO. The molecule has 0 radical (unpaired) electrons. The Labute approximate surface area is 107 Å². The quantitative estimate of drug-likeness (QED) is 0.811. The van der Waals surface area contributed by atoms with E-state index in [1.807, 2.05) is 7.05 Å². The fraction of sp³-hybridized carbons (Fsp3) is 0.571. The van der Waals surface area contributed by atoms with Crippen molar-refractivity contribution in [1.82, 2.24) is 5.32 Å². The van der Waals surface area contributed by atoms with Gasteiger partial charge in [0.2, 0.25) is 0 Å². The smallest absolute Gasteiger partial charge is 0.126 e. The van der Waals surface area contributed by atoms with Crippen LogP contribution in [-0.2, 0) is 11.2 Å². The van der Waals surface area contributed by atoms with Crippen LogP contribution in [0.15, 0.2) is 18.2 Å². The second-order valence-electron chi connectivity index (χ2n) is 4.44. The summed E-state index contributed by atoms with van der Waals surface area (Å²) in [6.07, 6.45) is 2.52. The van der Waals surface area contributed by atoms with Crippen LogP contribution in [0.4, 0.5) is 8.78 Å². The molecule has 4 heteroatoms. The maximum absolute atomic E-state index is 13.1. The first-order chi connectivity index (χ1) is 8.60. The van der Waals surface area contributed by atoms with Gasteiger partial charge in [0, 0.05) is 19.2 Å². The Hall–Kier alpha value is -1.00. The topological polar surface area (TPSA) is 21.3 Å². The van der Waals surface area contributed by atoms with E-state index in [1.165, 1.54) is 12.1 Å². The maximum Gasteiger partial charge on any atom is 0.126 e. The molecule has 0 aliphatic carbocycles. The number of benzene rings is 1. The average Bonchev–Trinajstić information content (AvgIpc) is 2.32. The minimum absolute atomic E-state index is 0.0475. The molecule has 0 saturated carbocycles. The minimum Gasteiger partial charge on any atom is -0.380 e. The number of methoxy groups -OCH3 is 1. The molecule has 18 heavy (non-hydrogen) atoms. The van der Waals surface area contributed by atoms with E-state index in [4.69, 9.17) is 4.74 Å². The predicted octanol–water partition coefficient (Wildman–Crippen LogP) is 2.91. The Balaban J connectivity index is 2.77. The van der Waals surface area contributed by atoms with E-state index in [-0.39, 0.29) is 12.1 Å². The largest absolute Gasteiger partial charge is 0.380 e.